The van der Waals surface area contributed by atoms with E-state index in [0.717, 1.165) is 66.4 Å². The molecular weight excluding hydrogens is 439 g/mol. The lowest BCUT2D eigenvalue weighted by molar-refractivity contribution is -0.132. The summed E-state index contributed by atoms with van der Waals surface area (Å²) >= 11 is 0. The van der Waals surface area contributed by atoms with E-state index < -0.39 is 0 Å². The number of hydrogen-bond acceptors (Lipinski definition) is 4. The van der Waals surface area contributed by atoms with Crippen LogP contribution in [-0.2, 0) is 17.6 Å². The van der Waals surface area contributed by atoms with E-state index >= 15 is 0 Å². The molecule has 184 valence electrons. The normalized spacial score (nSPS) is 15.1. The molecule has 1 aromatic heterocycles. The first-order chi connectivity index (χ1) is 17.0. The lowest BCUT2D eigenvalue weighted by Gasteiger charge is -2.27. The summed E-state index contributed by atoms with van der Waals surface area (Å²) in [6.07, 6.45) is 3.03. The number of aryl methyl sites for hydroxylation is 2. The van der Waals surface area contributed by atoms with Crippen molar-refractivity contribution in [2.24, 2.45) is 0 Å². The third-order valence-corrected chi connectivity index (χ3v) is 6.80. The highest BCUT2D eigenvalue weighted by molar-refractivity contribution is 5.83. The van der Waals surface area contributed by atoms with Gasteiger partial charge >= 0.3 is 0 Å². The van der Waals surface area contributed by atoms with E-state index in [0.29, 0.717) is 19.5 Å². The molecule has 2 heterocycles. The average Bonchev–Trinajstić information content (AvgIpc) is 3.12. The van der Waals surface area contributed by atoms with Gasteiger partial charge < -0.3 is 9.80 Å². The van der Waals surface area contributed by atoms with Crippen LogP contribution in [0.5, 0.6) is 0 Å². The number of halogens is 1. The Morgan fingerprint density at radius 3 is 2.51 bits per heavy atom. The molecule has 2 aromatic carbocycles. The van der Waals surface area contributed by atoms with Gasteiger partial charge in [0.05, 0.1) is 5.92 Å². The van der Waals surface area contributed by atoms with E-state index in [1.54, 1.807) is 12.1 Å². The molecule has 1 aliphatic rings. The third-order valence-electron chi connectivity index (χ3n) is 6.80. The maximum absolute atomic E-state index is 13.9. The Balaban J connectivity index is 1.57. The van der Waals surface area contributed by atoms with E-state index in [4.69, 9.17) is 9.97 Å². The van der Waals surface area contributed by atoms with Crippen molar-refractivity contribution in [1.29, 1.82) is 0 Å². The van der Waals surface area contributed by atoms with Crippen molar-refractivity contribution >= 4 is 11.7 Å². The molecule has 1 amide bonds. The molecule has 0 radical (unpaired) electrons. The second-order valence-corrected chi connectivity index (χ2v) is 9.22. The van der Waals surface area contributed by atoms with Crippen LogP contribution in [0.3, 0.4) is 0 Å². The first-order valence-electron chi connectivity index (χ1n) is 12.7. The molecule has 0 spiro atoms. The van der Waals surface area contributed by atoms with Crippen LogP contribution in [0.1, 0.15) is 60.8 Å². The smallest absolute Gasteiger partial charge is 0.230 e. The molecule has 1 saturated heterocycles. The van der Waals surface area contributed by atoms with Crippen molar-refractivity contribution in [2.75, 3.05) is 31.1 Å². The molecule has 1 aliphatic heterocycles. The van der Waals surface area contributed by atoms with Crippen LogP contribution in [-0.4, -0.2) is 47.0 Å². The van der Waals surface area contributed by atoms with Crippen LogP contribution in [0.25, 0.3) is 0 Å². The van der Waals surface area contributed by atoms with Gasteiger partial charge in [-0.1, -0.05) is 56.3 Å². The Morgan fingerprint density at radius 2 is 1.80 bits per heavy atom. The predicted molar refractivity (Wildman–Crippen MR) is 138 cm³/mol. The molecule has 1 fully saturated rings. The molecule has 0 N–H and O–H groups in total. The lowest BCUT2D eigenvalue weighted by atomic mass is 9.95. The van der Waals surface area contributed by atoms with E-state index in [9.17, 15) is 9.18 Å². The van der Waals surface area contributed by atoms with Gasteiger partial charge in [0, 0.05) is 43.9 Å². The first kappa shape index (κ1) is 24.8. The lowest BCUT2D eigenvalue weighted by Crippen LogP contribution is -2.38. The van der Waals surface area contributed by atoms with Gasteiger partial charge in [-0.25, -0.2) is 14.4 Å². The van der Waals surface area contributed by atoms with Crippen molar-refractivity contribution in [3.63, 3.8) is 0 Å². The minimum Gasteiger partial charge on any atom is -0.354 e. The van der Waals surface area contributed by atoms with Gasteiger partial charge in [0.1, 0.15) is 17.5 Å². The topological polar surface area (TPSA) is 49.3 Å². The fourth-order valence-electron chi connectivity index (χ4n) is 5.03. The molecule has 6 heteroatoms. The number of carbonyl (C=O) groups excluding carboxylic acids is 1. The van der Waals surface area contributed by atoms with Crippen molar-refractivity contribution < 1.29 is 9.18 Å². The number of aromatic nitrogens is 2. The maximum atomic E-state index is 13.9. The molecule has 0 bridgehead atoms. The monoisotopic (exact) mass is 474 g/mol. The number of rotatable bonds is 7. The van der Waals surface area contributed by atoms with Crippen LogP contribution < -0.4 is 4.90 Å². The zero-order valence-corrected chi connectivity index (χ0v) is 21.0. The summed E-state index contributed by atoms with van der Waals surface area (Å²) in [5, 5.41) is 0. The highest BCUT2D eigenvalue weighted by Crippen LogP contribution is 2.27. The SMILES string of the molecule is CCc1nc(C)nc(N2CCCN(C(=O)C(CC)c3ccccc3)CC2)c1Cc1cccc(F)c1. The van der Waals surface area contributed by atoms with Gasteiger partial charge in [-0.3, -0.25) is 4.79 Å². The summed E-state index contributed by atoms with van der Waals surface area (Å²) in [6, 6.07) is 16.8. The summed E-state index contributed by atoms with van der Waals surface area (Å²) in [5.74, 6) is 1.52. The standard InChI is InChI=1S/C29H35FN4O/c1-4-25(23-12-7-6-8-13-23)29(35)34-16-10-15-33(17-18-34)28-26(27(5-2)31-21(3)32-28)20-22-11-9-14-24(30)19-22/h6-9,11-14,19,25H,4-5,10,15-18,20H2,1-3H3. The van der Waals surface area contributed by atoms with Gasteiger partial charge in [0.15, 0.2) is 0 Å². The van der Waals surface area contributed by atoms with Gasteiger partial charge in [-0.2, -0.15) is 0 Å². The van der Waals surface area contributed by atoms with Crippen LogP contribution in [0.15, 0.2) is 54.6 Å². The Kier molecular flexibility index (Phi) is 8.11. The van der Waals surface area contributed by atoms with Gasteiger partial charge in [-0.15, -0.1) is 0 Å². The van der Waals surface area contributed by atoms with Crippen LogP contribution in [0.2, 0.25) is 0 Å². The highest BCUT2D eigenvalue weighted by atomic mass is 19.1. The maximum Gasteiger partial charge on any atom is 0.230 e. The van der Waals surface area contributed by atoms with Crippen LogP contribution in [0, 0.1) is 12.7 Å². The quantitative estimate of drug-likeness (QED) is 0.466. The second-order valence-electron chi connectivity index (χ2n) is 9.22. The Hall–Kier alpha value is -3.28. The predicted octanol–water partition coefficient (Wildman–Crippen LogP) is 5.31. The number of hydrogen-bond donors (Lipinski definition) is 0. The zero-order valence-electron chi connectivity index (χ0n) is 21.0. The largest absolute Gasteiger partial charge is 0.354 e. The van der Waals surface area contributed by atoms with E-state index in [1.807, 2.05) is 48.2 Å². The van der Waals surface area contributed by atoms with Gasteiger partial charge in [-0.05, 0) is 49.4 Å². The molecule has 3 aromatic rings. The summed E-state index contributed by atoms with van der Waals surface area (Å²) in [4.78, 5) is 27.3. The summed E-state index contributed by atoms with van der Waals surface area (Å²) < 4.78 is 13.9. The molecule has 1 unspecified atom stereocenters. The van der Waals surface area contributed by atoms with E-state index in [2.05, 4.69) is 18.7 Å². The minimum absolute atomic E-state index is 0.112. The van der Waals surface area contributed by atoms with E-state index in [-0.39, 0.29) is 17.6 Å². The Bertz CT molecular complexity index is 1150. The minimum atomic E-state index is -0.233. The fourth-order valence-corrected chi connectivity index (χ4v) is 5.03. The molecule has 1 atom stereocenters. The molecule has 5 nitrogen and oxygen atoms in total. The van der Waals surface area contributed by atoms with Crippen LogP contribution >= 0.6 is 0 Å². The van der Waals surface area contributed by atoms with Crippen molar-refractivity contribution in [3.8, 4) is 0 Å². The average molecular weight is 475 g/mol. The molecule has 35 heavy (non-hydrogen) atoms. The Labute approximate surface area is 208 Å². The molecule has 4 rings (SSSR count). The fraction of sp³-hybridized carbons (Fsp3) is 0.414. The zero-order chi connectivity index (χ0) is 24.8. The second kappa shape index (κ2) is 11.4. The number of carbonyl (C=O) groups is 1. The van der Waals surface area contributed by atoms with E-state index in [1.165, 1.54) is 6.07 Å². The van der Waals surface area contributed by atoms with Crippen LogP contribution in [0.4, 0.5) is 10.2 Å². The first-order valence-corrected chi connectivity index (χ1v) is 12.7. The van der Waals surface area contributed by atoms with Crippen molar-refractivity contribution in [1.82, 2.24) is 14.9 Å². The third kappa shape index (κ3) is 5.87. The molecule has 0 saturated carbocycles. The number of amides is 1. The number of nitrogens with zero attached hydrogens (tertiary/aromatic N) is 4. The van der Waals surface area contributed by atoms with Gasteiger partial charge in [0.25, 0.3) is 0 Å². The highest BCUT2D eigenvalue weighted by Gasteiger charge is 2.28. The van der Waals surface area contributed by atoms with Gasteiger partial charge in [0.2, 0.25) is 5.91 Å². The molecular formula is C29H35FN4O. The van der Waals surface area contributed by atoms with Crippen molar-refractivity contribution in [2.45, 2.75) is 52.4 Å². The molecule has 0 aliphatic carbocycles. The van der Waals surface area contributed by atoms with Crippen molar-refractivity contribution in [3.05, 3.63) is 88.6 Å². The number of benzene rings is 2. The summed E-state index contributed by atoms with van der Waals surface area (Å²) in [5.41, 5.74) is 4.05. The number of anilines is 1. The summed E-state index contributed by atoms with van der Waals surface area (Å²) in [6.45, 7) is 9.03. The summed E-state index contributed by atoms with van der Waals surface area (Å²) in [7, 11) is 0. The Morgan fingerprint density at radius 1 is 1.00 bits per heavy atom.